The van der Waals surface area contributed by atoms with Crippen LogP contribution in [0.2, 0.25) is 0 Å². The van der Waals surface area contributed by atoms with Gasteiger partial charge in [0.1, 0.15) is 12.3 Å². The van der Waals surface area contributed by atoms with Crippen molar-refractivity contribution in [2.45, 2.75) is 33.4 Å². The van der Waals surface area contributed by atoms with Gasteiger partial charge in [0, 0.05) is 18.7 Å². The van der Waals surface area contributed by atoms with Gasteiger partial charge in [0.2, 0.25) is 5.91 Å². The fraction of sp³-hybridized carbons (Fsp3) is 0.318. The maximum atomic E-state index is 13.1. The molecule has 0 saturated heterocycles. The molecule has 1 aromatic heterocycles. The Morgan fingerprint density at radius 1 is 1.14 bits per heavy atom. The Morgan fingerprint density at radius 2 is 1.86 bits per heavy atom. The topological polar surface area (TPSA) is 63.1 Å². The van der Waals surface area contributed by atoms with Gasteiger partial charge in [-0.05, 0) is 55.4 Å². The molecule has 152 valence electrons. The number of carbonyl (C=O) groups is 1. The Labute approximate surface area is 176 Å². The molecule has 0 atom stereocenters. The Balaban J connectivity index is 1.80. The van der Waals surface area contributed by atoms with Gasteiger partial charge in [0.25, 0.3) is 0 Å². The molecule has 0 aliphatic heterocycles. The number of rotatable bonds is 9. The fourth-order valence-electron chi connectivity index (χ4n) is 3.15. The van der Waals surface area contributed by atoms with E-state index in [9.17, 15) is 4.79 Å². The van der Waals surface area contributed by atoms with E-state index in [1.165, 1.54) is 0 Å². The Kier molecular flexibility index (Phi) is 7.19. The van der Waals surface area contributed by atoms with Crippen molar-refractivity contribution < 1.29 is 9.53 Å². The van der Waals surface area contributed by atoms with E-state index in [1.807, 2.05) is 66.4 Å². The van der Waals surface area contributed by atoms with E-state index in [0.29, 0.717) is 30.3 Å². The van der Waals surface area contributed by atoms with Crippen LogP contribution in [-0.4, -0.2) is 38.7 Å². The molecule has 3 aromatic rings. The first-order valence-corrected chi connectivity index (χ1v) is 10.2. The first-order chi connectivity index (χ1) is 14.1. The molecule has 0 bridgehead atoms. The smallest absolute Gasteiger partial charge is 0.242 e. The monoisotopic (exact) mass is 410 g/mol. The quantitative estimate of drug-likeness (QED) is 0.530. The van der Waals surface area contributed by atoms with Gasteiger partial charge in [-0.15, -0.1) is 0 Å². The molecule has 0 radical (unpaired) electrons. The van der Waals surface area contributed by atoms with Crippen LogP contribution in [0.5, 0.6) is 5.75 Å². The van der Waals surface area contributed by atoms with Crippen molar-refractivity contribution in [2.75, 3.05) is 13.2 Å². The van der Waals surface area contributed by atoms with Gasteiger partial charge < -0.3 is 9.64 Å². The van der Waals surface area contributed by atoms with Crippen LogP contribution < -0.4 is 4.74 Å². The number of H-pyrrole nitrogens is 1. The summed E-state index contributed by atoms with van der Waals surface area (Å²) in [5.41, 5.74) is 1.98. The van der Waals surface area contributed by atoms with Crippen molar-refractivity contribution in [3.8, 4) is 17.1 Å². The van der Waals surface area contributed by atoms with Crippen molar-refractivity contribution in [1.29, 1.82) is 0 Å². The second kappa shape index (κ2) is 10.0. The van der Waals surface area contributed by atoms with Crippen LogP contribution >= 0.6 is 12.2 Å². The largest absolute Gasteiger partial charge is 0.494 e. The number of aromatic nitrogens is 3. The second-order valence-electron chi connectivity index (χ2n) is 6.70. The molecule has 2 aromatic carbocycles. The first kappa shape index (κ1) is 20.8. The summed E-state index contributed by atoms with van der Waals surface area (Å²) < 4.78 is 7.68. The molecule has 1 N–H and O–H groups in total. The Hall–Kier alpha value is -2.93. The van der Waals surface area contributed by atoms with E-state index >= 15 is 0 Å². The van der Waals surface area contributed by atoms with E-state index < -0.39 is 0 Å². The third-order valence-electron chi connectivity index (χ3n) is 4.54. The summed E-state index contributed by atoms with van der Waals surface area (Å²) in [6.45, 7) is 6.04. The lowest BCUT2D eigenvalue weighted by Gasteiger charge is -2.23. The predicted molar refractivity (Wildman–Crippen MR) is 116 cm³/mol. The maximum absolute atomic E-state index is 13.1. The minimum Gasteiger partial charge on any atom is -0.494 e. The zero-order valence-electron chi connectivity index (χ0n) is 16.8. The van der Waals surface area contributed by atoms with Crippen LogP contribution in [0.4, 0.5) is 0 Å². The highest BCUT2D eigenvalue weighted by molar-refractivity contribution is 7.71. The number of hydrogen-bond acceptors (Lipinski definition) is 4. The molecule has 0 fully saturated rings. The molecular formula is C22H26N4O2S. The fourth-order valence-corrected chi connectivity index (χ4v) is 3.35. The molecule has 7 heteroatoms. The van der Waals surface area contributed by atoms with E-state index in [1.54, 1.807) is 4.57 Å². The molecule has 0 unspecified atom stereocenters. The lowest BCUT2D eigenvalue weighted by atomic mass is 10.2. The minimum atomic E-state index is 0.0142. The number of hydrogen-bond donors (Lipinski definition) is 1. The van der Waals surface area contributed by atoms with E-state index in [4.69, 9.17) is 17.0 Å². The normalized spacial score (nSPS) is 10.7. The van der Waals surface area contributed by atoms with E-state index in [2.05, 4.69) is 17.1 Å². The highest BCUT2D eigenvalue weighted by Crippen LogP contribution is 2.21. The van der Waals surface area contributed by atoms with Crippen molar-refractivity contribution in [3.05, 3.63) is 64.9 Å². The van der Waals surface area contributed by atoms with Crippen LogP contribution in [-0.2, 0) is 17.9 Å². The third kappa shape index (κ3) is 5.32. The Morgan fingerprint density at radius 3 is 2.52 bits per heavy atom. The number of benzene rings is 2. The summed E-state index contributed by atoms with van der Waals surface area (Å²) in [6.07, 6.45) is 0.890. The summed E-state index contributed by atoms with van der Waals surface area (Å²) in [4.78, 5) is 14.9. The SMILES string of the molecule is CCCN(Cc1ccccc1)C(=O)Cn1c(-c2ccc(OCC)cc2)n[nH]c1=S. The van der Waals surface area contributed by atoms with Crippen molar-refractivity contribution >= 4 is 18.1 Å². The third-order valence-corrected chi connectivity index (χ3v) is 4.85. The van der Waals surface area contributed by atoms with Crippen LogP contribution in [0, 0.1) is 4.77 Å². The summed E-state index contributed by atoms with van der Waals surface area (Å²) in [5.74, 6) is 1.45. The molecule has 3 rings (SSSR count). The number of carbonyl (C=O) groups excluding carboxylic acids is 1. The molecule has 1 amide bonds. The van der Waals surface area contributed by atoms with Crippen LogP contribution in [0.25, 0.3) is 11.4 Å². The molecule has 0 aliphatic rings. The van der Waals surface area contributed by atoms with Gasteiger partial charge in [0.05, 0.1) is 6.61 Å². The van der Waals surface area contributed by atoms with Crippen LogP contribution in [0.1, 0.15) is 25.8 Å². The first-order valence-electron chi connectivity index (χ1n) is 9.82. The molecule has 0 saturated carbocycles. The zero-order chi connectivity index (χ0) is 20.6. The lowest BCUT2D eigenvalue weighted by molar-refractivity contribution is -0.132. The molecule has 29 heavy (non-hydrogen) atoms. The van der Waals surface area contributed by atoms with Crippen molar-refractivity contribution in [2.24, 2.45) is 0 Å². The highest BCUT2D eigenvalue weighted by atomic mass is 32.1. The standard InChI is InChI=1S/C22H26N4O2S/c1-3-14-25(15-17-8-6-5-7-9-17)20(27)16-26-21(23-24-22(26)29)18-10-12-19(13-11-18)28-4-2/h5-13H,3-4,14-16H2,1-2H3,(H,24,29). The van der Waals surface area contributed by atoms with E-state index in [0.717, 1.165) is 23.3 Å². The number of amides is 1. The van der Waals surface area contributed by atoms with Crippen LogP contribution in [0.15, 0.2) is 54.6 Å². The van der Waals surface area contributed by atoms with Crippen molar-refractivity contribution in [3.63, 3.8) is 0 Å². The molecule has 1 heterocycles. The maximum Gasteiger partial charge on any atom is 0.242 e. The summed E-state index contributed by atoms with van der Waals surface area (Å²) in [6, 6.07) is 17.6. The molecule has 0 aliphatic carbocycles. The average Bonchev–Trinajstić information content (AvgIpc) is 3.09. The van der Waals surface area contributed by atoms with Gasteiger partial charge in [0.15, 0.2) is 10.6 Å². The molecule has 6 nitrogen and oxygen atoms in total. The number of nitrogens with one attached hydrogen (secondary N) is 1. The summed E-state index contributed by atoms with van der Waals surface area (Å²) >= 11 is 5.39. The number of ether oxygens (including phenoxy) is 1. The second-order valence-corrected chi connectivity index (χ2v) is 7.08. The van der Waals surface area contributed by atoms with Gasteiger partial charge in [-0.3, -0.25) is 14.5 Å². The lowest BCUT2D eigenvalue weighted by Crippen LogP contribution is -2.34. The predicted octanol–water partition coefficient (Wildman–Crippen LogP) is 4.45. The summed E-state index contributed by atoms with van der Waals surface area (Å²) in [7, 11) is 0. The number of aromatic amines is 1. The van der Waals surface area contributed by atoms with Crippen molar-refractivity contribution in [1.82, 2.24) is 19.7 Å². The zero-order valence-corrected chi connectivity index (χ0v) is 17.6. The van der Waals surface area contributed by atoms with Gasteiger partial charge in [-0.25, -0.2) is 0 Å². The van der Waals surface area contributed by atoms with Crippen LogP contribution in [0.3, 0.4) is 0 Å². The highest BCUT2D eigenvalue weighted by Gasteiger charge is 2.17. The average molecular weight is 411 g/mol. The molecular weight excluding hydrogens is 384 g/mol. The van der Waals surface area contributed by atoms with Gasteiger partial charge >= 0.3 is 0 Å². The summed E-state index contributed by atoms with van der Waals surface area (Å²) in [5, 5.41) is 7.15. The van der Waals surface area contributed by atoms with Gasteiger partial charge in [-0.2, -0.15) is 5.10 Å². The molecule has 0 spiro atoms. The minimum absolute atomic E-state index is 0.0142. The van der Waals surface area contributed by atoms with Gasteiger partial charge in [-0.1, -0.05) is 37.3 Å². The van der Waals surface area contributed by atoms with E-state index in [-0.39, 0.29) is 12.5 Å². The number of nitrogens with zero attached hydrogens (tertiary/aromatic N) is 3. The Bertz CT molecular complexity index is 980.